The Morgan fingerprint density at radius 3 is 2.50 bits per heavy atom. The summed E-state index contributed by atoms with van der Waals surface area (Å²) >= 11 is 0. The predicted octanol–water partition coefficient (Wildman–Crippen LogP) is 2.37. The van der Waals surface area contributed by atoms with Crippen molar-refractivity contribution in [1.29, 1.82) is 0 Å². The average molecular weight is 277 g/mol. The summed E-state index contributed by atoms with van der Waals surface area (Å²) in [6, 6.07) is 7.09. The third-order valence-corrected chi connectivity index (χ3v) is 3.56. The normalized spacial score (nSPS) is 16.6. The molecule has 0 aliphatic heterocycles. The molecule has 1 aliphatic rings. The summed E-state index contributed by atoms with van der Waals surface area (Å²) in [6.45, 7) is 5.18. The molecule has 1 aromatic rings. The van der Waals surface area contributed by atoms with Gasteiger partial charge in [0.1, 0.15) is 5.75 Å². The van der Waals surface area contributed by atoms with E-state index >= 15 is 0 Å². The molecule has 1 fully saturated rings. The lowest BCUT2D eigenvalue weighted by atomic mass is 9.80. The van der Waals surface area contributed by atoms with Gasteiger partial charge in [0.25, 0.3) is 5.91 Å². The lowest BCUT2D eigenvalue weighted by Crippen LogP contribution is -2.47. The molecule has 2 rings (SSSR count). The van der Waals surface area contributed by atoms with Gasteiger partial charge in [-0.1, -0.05) is 13.8 Å². The average Bonchev–Trinajstić information content (AvgIpc) is 2.41. The highest BCUT2D eigenvalue weighted by atomic mass is 16.5. The molecule has 0 aromatic heterocycles. The first-order chi connectivity index (χ1) is 9.48. The molecular formula is C16H23NO3. The summed E-state index contributed by atoms with van der Waals surface area (Å²) in [5, 5.41) is 12.7. The maximum absolute atomic E-state index is 11.9. The maximum Gasteiger partial charge on any atom is 0.251 e. The molecule has 0 bridgehead atoms. The summed E-state index contributed by atoms with van der Waals surface area (Å²) in [6.07, 6.45) is 2.58. The van der Waals surface area contributed by atoms with Crippen LogP contribution in [-0.4, -0.2) is 29.8 Å². The monoisotopic (exact) mass is 277 g/mol. The Labute approximate surface area is 120 Å². The van der Waals surface area contributed by atoms with Crippen molar-refractivity contribution in [1.82, 2.24) is 5.32 Å². The van der Waals surface area contributed by atoms with Gasteiger partial charge in [-0.05, 0) is 49.4 Å². The fourth-order valence-corrected chi connectivity index (χ4v) is 2.07. The van der Waals surface area contributed by atoms with Gasteiger partial charge >= 0.3 is 0 Å². The zero-order valence-electron chi connectivity index (χ0n) is 12.2. The number of carbonyl (C=O) groups is 1. The first-order valence-electron chi connectivity index (χ1n) is 7.22. The summed E-state index contributed by atoms with van der Waals surface area (Å²) in [4.78, 5) is 11.9. The summed E-state index contributed by atoms with van der Waals surface area (Å²) in [5.74, 6) is 1.09. The largest absolute Gasteiger partial charge is 0.493 e. The minimum absolute atomic E-state index is 0.152. The Hall–Kier alpha value is -1.55. The van der Waals surface area contributed by atoms with Crippen LogP contribution in [0.1, 0.15) is 43.5 Å². The van der Waals surface area contributed by atoms with Gasteiger partial charge in [-0.25, -0.2) is 0 Å². The molecule has 110 valence electrons. The third kappa shape index (κ3) is 3.97. The second kappa shape index (κ2) is 6.27. The first kappa shape index (κ1) is 14.9. The van der Waals surface area contributed by atoms with Gasteiger partial charge in [-0.2, -0.15) is 0 Å². The van der Waals surface area contributed by atoms with E-state index in [0.29, 0.717) is 24.6 Å². The molecule has 4 nitrogen and oxygen atoms in total. The molecule has 20 heavy (non-hydrogen) atoms. The van der Waals surface area contributed by atoms with Crippen molar-refractivity contribution in [2.24, 2.45) is 5.92 Å². The van der Waals surface area contributed by atoms with Crippen molar-refractivity contribution in [3.63, 3.8) is 0 Å². The predicted molar refractivity (Wildman–Crippen MR) is 77.9 cm³/mol. The van der Waals surface area contributed by atoms with Crippen molar-refractivity contribution in [2.75, 3.05) is 13.2 Å². The zero-order chi connectivity index (χ0) is 14.6. The molecule has 1 aliphatic carbocycles. The van der Waals surface area contributed by atoms with Gasteiger partial charge in [-0.15, -0.1) is 0 Å². The van der Waals surface area contributed by atoms with E-state index < -0.39 is 5.60 Å². The van der Waals surface area contributed by atoms with Gasteiger partial charge in [0, 0.05) is 12.1 Å². The number of nitrogens with one attached hydrogen (secondary N) is 1. The molecule has 0 radical (unpaired) electrons. The highest BCUT2D eigenvalue weighted by molar-refractivity contribution is 5.94. The summed E-state index contributed by atoms with van der Waals surface area (Å²) in [7, 11) is 0. The van der Waals surface area contributed by atoms with Gasteiger partial charge in [0.15, 0.2) is 0 Å². The van der Waals surface area contributed by atoms with E-state index in [1.54, 1.807) is 24.3 Å². The number of hydrogen-bond acceptors (Lipinski definition) is 3. The standard InChI is InChI=1S/C16H23NO3/c1-12(2)10-20-14-6-4-13(5-7-14)15(18)17-11-16(19)8-3-9-16/h4-7,12,19H,3,8-11H2,1-2H3,(H,17,18). The van der Waals surface area contributed by atoms with E-state index in [1.807, 2.05) is 0 Å². The number of hydrogen-bond donors (Lipinski definition) is 2. The fraction of sp³-hybridized carbons (Fsp3) is 0.562. The lowest BCUT2D eigenvalue weighted by Gasteiger charge is -2.36. The Kier molecular flexibility index (Phi) is 4.65. The highest BCUT2D eigenvalue weighted by Crippen LogP contribution is 2.30. The number of carbonyl (C=O) groups excluding carboxylic acids is 1. The van der Waals surface area contributed by atoms with E-state index in [9.17, 15) is 9.90 Å². The van der Waals surface area contributed by atoms with Crippen molar-refractivity contribution in [2.45, 2.75) is 38.7 Å². The number of aliphatic hydroxyl groups is 1. The minimum atomic E-state index is -0.685. The highest BCUT2D eigenvalue weighted by Gasteiger charge is 2.34. The maximum atomic E-state index is 11.9. The molecule has 0 spiro atoms. The molecule has 0 heterocycles. The van der Waals surface area contributed by atoms with Crippen LogP contribution in [0.2, 0.25) is 0 Å². The number of rotatable bonds is 6. The number of benzene rings is 1. The van der Waals surface area contributed by atoms with Gasteiger partial charge in [0.2, 0.25) is 0 Å². The van der Waals surface area contributed by atoms with E-state index in [1.165, 1.54) is 0 Å². The van der Waals surface area contributed by atoms with Gasteiger partial charge in [-0.3, -0.25) is 4.79 Å². The molecule has 1 aromatic carbocycles. The quantitative estimate of drug-likeness (QED) is 0.839. The first-order valence-corrected chi connectivity index (χ1v) is 7.22. The Morgan fingerprint density at radius 2 is 2.00 bits per heavy atom. The van der Waals surface area contributed by atoms with E-state index in [0.717, 1.165) is 25.0 Å². The van der Waals surface area contributed by atoms with Crippen LogP contribution in [0.25, 0.3) is 0 Å². The van der Waals surface area contributed by atoms with Crippen molar-refractivity contribution in [3.8, 4) is 5.75 Å². The van der Waals surface area contributed by atoms with Gasteiger partial charge in [0.05, 0.1) is 12.2 Å². The third-order valence-electron chi connectivity index (χ3n) is 3.56. The molecule has 1 amide bonds. The topological polar surface area (TPSA) is 58.6 Å². The van der Waals surface area contributed by atoms with Crippen LogP contribution in [0.5, 0.6) is 5.75 Å². The molecule has 0 unspecified atom stereocenters. The van der Waals surface area contributed by atoms with Crippen LogP contribution in [0, 0.1) is 5.92 Å². The van der Waals surface area contributed by atoms with Crippen molar-refractivity contribution < 1.29 is 14.6 Å². The van der Waals surface area contributed by atoms with Crippen molar-refractivity contribution in [3.05, 3.63) is 29.8 Å². The molecule has 0 atom stereocenters. The Bertz CT molecular complexity index is 449. The lowest BCUT2D eigenvalue weighted by molar-refractivity contribution is -0.0300. The minimum Gasteiger partial charge on any atom is -0.493 e. The Balaban J connectivity index is 1.83. The molecule has 2 N–H and O–H groups in total. The summed E-state index contributed by atoms with van der Waals surface area (Å²) < 4.78 is 5.57. The van der Waals surface area contributed by atoms with E-state index in [-0.39, 0.29) is 5.91 Å². The summed E-state index contributed by atoms with van der Waals surface area (Å²) in [5.41, 5.74) is -0.0968. The molecule has 4 heteroatoms. The second-order valence-electron chi connectivity index (χ2n) is 5.99. The van der Waals surface area contributed by atoms with Crippen LogP contribution >= 0.6 is 0 Å². The second-order valence-corrected chi connectivity index (χ2v) is 5.99. The zero-order valence-corrected chi connectivity index (χ0v) is 12.2. The molecular weight excluding hydrogens is 254 g/mol. The van der Waals surface area contributed by atoms with Crippen LogP contribution in [-0.2, 0) is 0 Å². The Morgan fingerprint density at radius 1 is 1.35 bits per heavy atom. The smallest absolute Gasteiger partial charge is 0.251 e. The molecule has 1 saturated carbocycles. The van der Waals surface area contributed by atoms with Gasteiger partial charge < -0.3 is 15.2 Å². The number of ether oxygens (including phenoxy) is 1. The van der Waals surface area contributed by atoms with Crippen LogP contribution in [0.15, 0.2) is 24.3 Å². The van der Waals surface area contributed by atoms with Crippen LogP contribution in [0.4, 0.5) is 0 Å². The van der Waals surface area contributed by atoms with E-state index in [4.69, 9.17) is 4.74 Å². The number of amides is 1. The fourth-order valence-electron chi connectivity index (χ4n) is 2.07. The van der Waals surface area contributed by atoms with E-state index in [2.05, 4.69) is 19.2 Å². The van der Waals surface area contributed by atoms with Crippen LogP contribution in [0.3, 0.4) is 0 Å². The van der Waals surface area contributed by atoms with Crippen LogP contribution < -0.4 is 10.1 Å². The van der Waals surface area contributed by atoms with Crippen molar-refractivity contribution >= 4 is 5.91 Å². The SMILES string of the molecule is CC(C)COc1ccc(C(=O)NCC2(O)CCC2)cc1. The molecule has 0 saturated heterocycles.